The molecule has 1 aromatic rings. The summed E-state index contributed by atoms with van der Waals surface area (Å²) in [5.74, 6) is 1.47. The Balaban J connectivity index is 2.62. The van der Waals surface area contributed by atoms with E-state index in [-0.39, 0.29) is 13.2 Å². The van der Waals surface area contributed by atoms with E-state index in [9.17, 15) is 5.11 Å². The van der Waals surface area contributed by atoms with Gasteiger partial charge in [0.1, 0.15) is 24.2 Å². The van der Waals surface area contributed by atoms with Crippen molar-refractivity contribution >= 4 is 0 Å². The van der Waals surface area contributed by atoms with E-state index in [2.05, 4.69) is 12.2 Å². The van der Waals surface area contributed by atoms with Crippen molar-refractivity contribution in [3.05, 3.63) is 23.8 Å². The summed E-state index contributed by atoms with van der Waals surface area (Å²) in [6, 6.07) is 5.73. The first-order chi connectivity index (χ1) is 10.2. The maximum absolute atomic E-state index is 9.78. The highest BCUT2D eigenvalue weighted by Gasteiger charge is 2.09. The van der Waals surface area contributed by atoms with Crippen LogP contribution >= 0.6 is 0 Å². The Morgan fingerprint density at radius 1 is 1.24 bits per heavy atom. The number of rotatable bonds is 11. The zero-order valence-corrected chi connectivity index (χ0v) is 13.2. The maximum Gasteiger partial charge on any atom is 0.127 e. The number of benzene rings is 1. The molecule has 0 saturated heterocycles. The highest BCUT2D eigenvalue weighted by atomic mass is 16.5. The minimum atomic E-state index is -0.632. The smallest absolute Gasteiger partial charge is 0.127 e. The normalized spacial score (nSPS) is 12.2. The number of nitrogens with one attached hydrogen (secondary N) is 1. The van der Waals surface area contributed by atoms with Gasteiger partial charge in [-0.3, -0.25) is 0 Å². The molecule has 1 aromatic carbocycles. The van der Waals surface area contributed by atoms with E-state index in [4.69, 9.17) is 14.2 Å². The minimum absolute atomic E-state index is 0.202. The van der Waals surface area contributed by atoms with Gasteiger partial charge in [0.05, 0.1) is 13.7 Å². The number of aliphatic hydroxyl groups excluding tert-OH is 1. The van der Waals surface area contributed by atoms with Crippen LogP contribution in [0.5, 0.6) is 11.5 Å². The standard InChI is InChI=1S/C16H27NO4/c1-4-8-17-10-13-6-7-15(19-3)9-16(13)21-12-14(18)11-20-5-2/h6-7,9,14,17-18H,4-5,8,10-12H2,1-3H3. The second kappa shape index (κ2) is 10.4. The van der Waals surface area contributed by atoms with Gasteiger partial charge in [0.2, 0.25) is 0 Å². The predicted octanol–water partition coefficient (Wildman–Crippen LogP) is 1.97. The van der Waals surface area contributed by atoms with Gasteiger partial charge in [-0.05, 0) is 26.0 Å². The third-order valence-corrected chi connectivity index (χ3v) is 2.96. The van der Waals surface area contributed by atoms with Crippen LogP contribution in [0.1, 0.15) is 25.8 Å². The molecule has 0 saturated carbocycles. The average Bonchev–Trinajstić information content (AvgIpc) is 2.51. The molecular weight excluding hydrogens is 270 g/mol. The van der Waals surface area contributed by atoms with E-state index in [0.717, 1.165) is 36.6 Å². The molecule has 0 aromatic heterocycles. The van der Waals surface area contributed by atoms with Gasteiger partial charge in [-0.25, -0.2) is 0 Å². The molecule has 0 aliphatic heterocycles. The first-order valence-electron chi connectivity index (χ1n) is 7.47. The summed E-state index contributed by atoms with van der Waals surface area (Å²) >= 11 is 0. The second-order valence-corrected chi connectivity index (χ2v) is 4.77. The third kappa shape index (κ3) is 6.80. The van der Waals surface area contributed by atoms with Crippen molar-refractivity contribution in [2.24, 2.45) is 0 Å². The molecule has 5 nitrogen and oxygen atoms in total. The van der Waals surface area contributed by atoms with Crippen molar-refractivity contribution in [3.63, 3.8) is 0 Å². The highest BCUT2D eigenvalue weighted by Crippen LogP contribution is 2.25. The Labute approximate surface area is 127 Å². The van der Waals surface area contributed by atoms with Gasteiger partial charge in [0, 0.05) is 24.8 Å². The van der Waals surface area contributed by atoms with Crippen LogP contribution in [0.2, 0.25) is 0 Å². The molecular formula is C16H27NO4. The van der Waals surface area contributed by atoms with E-state index in [1.54, 1.807) is 7.11 Å². The molecule has 0 radical (unpaired) electrons. The molecule has 0 fully saturated rings. The topological polar surface area (TPSA) is 60.0 Å². The lowest BCUT2D eigenvalue weighted by atomic mass is 10.2. The van der Waals surface area contributed by atoms with Crippen LogP contribution in [0.3, 0.4) is 0 Å². The quantitative estimate of drug-likeness (QED) is 0.612. The van der Waals surface area contributed by atoms with Crippen LogP contribution in [0.15, 0.2) is 18.2 Å². The van der Waals surface area contributed by atoms with Gasteiger partial charge in [-0.2, -0.15) is 0 Å². The van der Waals surface area contributed by atoms with Crippen LogP contribution in [0.25, 0.3) is 0 Å². The van der Waals surface area contributed by atoms with Gasteiger partial charge in [-0.15, -0.1) is 0 Å². The fourth-order valence-electron chi connectivity index (χ4n) is 1.83. The van der Waals surface area contributed by atoms with E-state index in [1.165, 1.54) is 0 Å². The van der Waals surface area contributed by atoms with Crippen LogP contribution < -0.4 is 14.8 Å². The molecule has 0 aliphatic carbocycles. The first kappa shape index (κ1) is 17.8. The Kier molecular flexibility index (Phi) is 8.82. The van der Waals surface area contributed by atoms with E-state index >= 15 is 0 Å². The van der Waals surface area contributed by atoms with Crippen molar-refractivity contribution in [1.29, 1.82) is 0 Å². The Morgan fingerprint density at radius 3 is 2.71 bits per heavy atom. The molecule has 0 spiro atoms. The molecule has 5 heteroatoms. The monoisotopic (exact) mass is 297 g/mol. The molecule has 0 heterocycles. The Bertz CT molecular complexity index is 398. The second-order valence-electron chi connectivity index (χ2n) is 4.77. The molecule has 1 rings (SSSR count). The lowest BCUT2D eigenvalue weighted by Gasteiger charge is -2.16. The minimum Gasteiger partial charge on any atom is -0.497 e. The van der Waals surface area contributed by atoms with Crippen molar-refractivity contribution in [2.45, 2.75) is 32.9 Å². The number of methoxy groups -OCH3 is 1. The van der Waals surface area contributed by atoms with Crippen LogP contribution in [0.4, 0.5) is 0 Å². The fourth-order valence-corrected chi connectivity index (χ4v) is 1.83. The van der Waals surface area contributed by atoms with Crippen molar-refractivity contribution in [2.75, 3.05) is 33.5 Å². The van der Waals surface area contributed by atoms with E-state index in [0.29, 0.717) is 6.61 Å². The fraction of sp³-hybridized carbons (Fsp3) is 0.625. The van der Waals surface area contributed by atoms with Gasteiger partial charge < -0.3 is 24.6 Å². The van der Waals surface area contributed by atoms with E-state index in [1.807, 2.05) is 25.1 Å². The summed E-state index contributed by atoms with van der Waals surface area (Å²) in [6.45, 7) is 6.78. The number of ether oxygens (including phenoxy) is 3. The molecule has 0 bridgehead atoms. The molecule has 2 N–H and O–H groups in total. The van der Waals surface area contributed by atoms with Crippen LogP contribution in [-0.2, 0) is 11.3 Å². The summed E-state index contributed by atoms with van der Waals surface area (Å²) in [5.41, 5.74) is 1.05. The third-order valence-electron chi connectivity index (χ3n) is 2.96. The molecule has 1 unspecified atom stereocenters. The summed E-state index contributed by atoms with van der Waals surface area (Å²) in [4.78, 5) is 0. The lowest BCUT2D eigenvalue weighted by Crippen LogP contribution is -2.24. The Hall–Kier alpha value is -1.30. The Morgan fingerprint density at radius 2 is 2.05 bits per heavy atom. The first-order valence-corrected chi connectivity index (χ1v) is 7.47. The van der Waals surface area contributed by atoms with Crippen LogP contribution in [0, 0.1) is 0 Å². The summed E-state index contributed by atoms with van der Waals surface area (Å²) in [7, 11) is 1.62. The molecule has 1 atom stereocenters. The van der Waals surface area contributed by atoms with Crippen molar-refractivity contribution in [1.82, 2.24) is 5.32 Å². The van der Waals surface area contributed by atoms with E-state index < -0.39 is 6.10 Å². The zero-order valence-electron chi connectivity index (χ0n) is 13.2. The lowest BCUT2D eigenvalue weighted by molar-refractivity contribution is 0.0162. The van der Waals surface area contributed by atoms with Gasteiger partial charge in [0.15, 0.2) is 0 Å². The summed E-state index contributed by atoms with van der Waals surface area (Å²) < 4.78 is 16.1. The number of aliphatic hydroxyl groups is 1. The van der Waals surface area contributed by atoms with Crippen molar-refractivity contribution < 1.29 is 19.3 Å². The summed E-state index contributed by atoms with van der Waals surface area (Å²) in [5, 5.41) is 13.1. The van der Waals surface area contributed by atoms with Gasteiger partial charge in [-0.1, -0.05) is 13.0 Å². The molecule has 0 aliphatic rings. The van der Waals surface area contributed by atoms with Gasteiger partial charge >= 0.3 is 0 Å². The molecule has 0 amide bonds. The summed E-state index contributed by atoms with van der Waals surface area (Å²) in [6.07, 6.45) is 0.451. The maximum atomic E-state index is 9.78. The zero-order chi connectivity index (χ0) is 15.5. The average molecular weight is 297 g/mol. The van der Waals surface area contributed by atoms with Crippen LogP contribution in [-0.4, -0.2) is 44.7 Å². The van der Waals surface area contributed by atoms with Crippen molar-refractivity contribution in [3.8, 4) is 11.5 Å². The number of hydrogen-bond donors (Lipinski definition) is 2. The number of hydrogen-bond acceptors (Lipinski definition) is 5. The largest absolute Gasteiger partial charge is 0.497 e. The predicted molar refractivity (Wildman–Crippen MR) is 83.0 cm³/mol. The molecule has 21 heavy (non-hydrogen) atoms. The molecule has 120 valence electrons. The van der Waals surface area contributed by atoms with Gasteiger partial charge in [0.25, 0.3) is 0 Å². The SMILES string of the molecule is CCCNCc1ccc(OC)cc1OCC(O)COCC. The highest BCUT2D eigenvalue weighted by molar-refractivity contribution is 5.40.